The first-order valence-corrected chi connectivity index (χ1v) is 11.6. The van der Waals surface area contributed by atoms with Crippen LogP contribution in [0.3, 0.4) is 0 Å². The molecule has 35 heavy (non-hydrogen) atoms. The van der Waals surface area contributed by atoms with Gasteiger partial charge in [-0.05, 0) is 49.2 Å². The lowest BCUT2D eigenvalue weighted by atomic mass is 10.1. The highest BCUT2D eigenvalue weighted by Crippen LogP contribution is 2.28. The zero-order valence-electron chi connectivity index (χ0n) is 18.9. The minimum atomic E-state index is -0.0256. The van der Waals surface area contributed by atoms with E-state index in [9.17, 15) is 4.79 Å². The summed E-state index contributed by atoms with van der Waals surface area (Å²) in [5.74, 6) is 0.638. The van der Waals surface area contributed by atoms with Gasteiger partial charge in [0.05, 0.1) is 29.8 Å². The summed E-state index contributed by atoms with van der Waals surface area (Å²) in [6.45, 7) is 0.524. The lowest BCUT2D eigenvalue weighted by Gasteiger charge is -2.11. The molecule has 0 unspecified atom stereocenters. The SMILES string of the molecule is O=C(NC1CC1)c1ccc(-c2cnc3c(NCc4ccccn4)nc(-c4ccncc4)cn23)cc1. The monoisotopic (exact) mass is 461 g/mol. The average molecular weight is 462 g/mol. The predicted octanol–water partition coefficient (Wildman–Crippen LogP) is 4.36. The molecule has 1 aromatic carbocycles. The van der Waals surface area contributed by atoms with Crippen molar-refractivity contribution in [2.45, 2.75) is 25.4 Å². The Morgan fingerprint density at radius 3 is 2.51 bits per heavy atom. The van der Waals surface area contributed by atoms with Crippen LogP contribution in [0.2, 0.25) is 0 Å². The van der Waals surface area contributed by atoms with E-state index in [1.165, 1.54) is 0 Å². The van der Waals surface area contributed by atoms with Crippen LogP contribution in [0, 0.1) is 0 Å². The predicted molar refractivity (Wildman–Crippen MR) is 134 cm³/mol. The number of nitrogens with one attached hydrogen (secondary N) is 2. The van der Waals surface area contributed by atoms with Gasteiger partial charge in [-0.25, -0.2) is 9.97 Å². The third kappa shape index (κ3) is 4.46. The van der Waals surface area contributed by atoms with Crippen LogP contribution in [0.5, 0.6) is 0 Å². The molecule has 1 saturated carbocycles. The highest BCUT2D eigenvalue weighted by atomic mass is 16.1. The summed E-state index contributed by atoms with van der Waals surface area (Å²) in [6, 6.07) is 17.6. The molecule has 0 aliphatic heterocycles. The Morgan fingerprint density at radius 1 is 0.943 bits per heavy atom. The van der Waals surface area contributed by atoms with Gasteiger partial charge in [-0.15, -0.1) is 0 Å². The number of anilines is 1. The van der Waals surface area contributed by atoms with Gasteiger partial charge in [0.25, 0.3) is 5.91 Å². The van der Waals surface area contributed by atoms with Gasteiger partial charge in [-0.3, -0.25) is 19.2 Å². The Bertz CT molecular complexity index is 1480. The van der Waals surface area contributed by atoms with E-state index in [0.717, 1.165) is 41.1 Å². The van der Waals surface area contributed by atoms with E-state index in [0.29, 0.717) is 29.6 Å². The van der Waals surface area contributed by atoms with Crippen molar-refractivity contribution in [3.63, 3.8) is 0 Å². The quantitative estimate of drug-likeness (QED) is 0.374. The maximum absolute atomic E-state index is 12.4. The van der Waals surface area contributed by atoms with E-state index in [1.807, 2.05) is 71.4 Å². The molecular weight excluding hydrogens is 438 g/mol. The van der Waals surface area contributed by atoms with Crippen LogP contribution in [-0.4, -0.2) is 36.3 Å². The molecule has 6 rings (SSSR count). The minimum absolute atomic E-state index is 0.0256. The number of carbonyl (C=O) groups is 1. The maximum atomic E-state index is 12.4. The lowest BCUT2D eigenvalue weighted by molar-refractivity contribution is 0.0951. The molecular formula is C27H23N7O. The molecule has 0 radical (unpaired) electrons. The van der Waals surface area contributed by atoms with Crippen molar-refractivity contribution in [1.82, 2.24) is 29.7 Å². The Labute approximate surface area is 202 Å². The van der Waals surface area contributed by atoms with Crippen molar-refractivity contribution in [3.05, 3.63) is 96.8 Å². The molecule has 1 amide bonds. The molecule has 1 fully saturated rings. The summed E-state index contributed by atoms with van der Waals surface area (Å²) in [4.78, 5) is 30.4. The molecule has 4 heterocycles. The van der Waals surface area contributed by atoms with Crippen LogP contribution in [0.25, 0.3) is 28.2 Å². The van der Waals surface area contributed by atoms with Crippen molar-refractivity contribution in [2.24, 2.45) is 0 Å². The summed E-state index contributed by atoms with van der Waals surface area (Å²) in [7, 11) is 0. The Morgan fingerprint density at radius 2 is 1.77 bits per heavy atom. The molecule has 172 valence electrons. The van der Waals surface area contributed by atoms with Gasteiger partial charge < -0.3 is 10.6 Å². The van der Waals surface area contributed by atoms with Gasteiger partial charge in [-0.2, -0.15) is 0 Å². The third-order valence-electron chi connectivity index (χ3n) is 5.99. The highest BCUT2D eigenvalue weighted by molar-refractivity contribution is 5.95. The van der Waals surface area contributed by atoms with Crippen molar-refractivity contribution >= 4 is 17.4 Å². The van der Waals surface area contributed by atoms with Gasteiger partial charge in [0, 0.05) is 47.5 Å². The molecule has 8 nitrogen and oxygen atoms in total. The van der Waals surface area contributed by atoms with Gasteiger partial charge in [0.2, 0.25) is 0 Å². The second kappa shape index (κ2) is 8.98. The smallest absolute Gasteiger partial charge is 0.251 e. The van der Waals surface area contributed by atoms with Gasteiger partial charge in [0.15, 0.2) is 11.5 Å². The lowest BCUT2D eigenvalue weighted by Crippen LogP contribution is -2.25. The molecule has 0 spiro atoms. The number of aromatic nitrogens is 5. The zero-order valence-corrected chi connectivity index (χ0v) is 18.9. The number of carbonyl (C=O) groups excluding carboxylic acids is 1. The fourth-order valence-electron chi connectivity index (χ4n) is 3.95. The van der Waals surface area contributed by atoms with Crippen LogP contribution >= 0.6 is 0 Å². The molecule has 1 aliphatic rings. The number of rotatable bonds is 7. The van der Waals surface area contributed by atoms with E-state index >= 15 is 0 Å². The second-order valence-electron chi connectivity index (χ2n) is 8.55. The topological polar surface area (TPSA) is 97.1 Å². The van der Waals surface area contributed by atoms with Crippen LogP contribution in [-0.2, 0) is 6.54 Å². The fraction of sp³-hybridized carbons (Fsp3) is 0.148. The van der Waals surface area contributed by atoms with Crippen molar-refractivity contribution in [2.75, 3.05) is 5.32 Å². The third-order valence-corrected chi connectivity index (χ3v) is 5.99. The summed E-state index contributed by atoms with van der Waals surface area (Å²) in [5.41, 5.74) is 5.90. The first-order valence-electron chi connectivity index (χ1n) is 11.6. The normalized spacial score (nSPS) is 13.0. The zero-order chi connectivity index (χ0) is 23.6. The largest absolute Gasteiger partial charge is 0.361 e. The van der Waals surface area contributed by atoms with Crippen LogP contribution in [0.15, 0.2) is 85.6 Å². The molecule has 4 aromatic heterocycles. The Kier molecular flexibility index (Phi) is 5.38. The van der Waals surface area contributed by atoms with Crippen LogP contribution in [0.4, 0.5) is 5.82 Å². The van der Waals surface area contributed by atoms with Gasteiger partial charge in [0.1, 0.15) is 0 Å². The molecule has 8 heteroatoms. The Balaban J connectivity index is 1.38. The summed E-state index contributed by atoms with van der Waals surface area (Å²) in [6.07, 6.45) is 11.2. The van der Waals surface area contributed by atoms with E-state index in [4.69, 9.17) is 4.98 Å². The number of hydrogen-bond donors (Lipinski definition) is 2. The standard InChI is InChI=1S/C27H23N7O/c35-27(32-21-8-9-21)20-6-4-19(5-7-20)24-16-31-26-25(30-15-22-3-1-2-12-29-22)33-23(17-34(24)26)18-10-13-28-14-11-18/h1-7,10-14,16-17,21H,8-9,15H2,(H,30,33)(H,32,35). The molecule has 0 atom stereocenters. The Hall–Kier alpha value is -4.59. The fourth-order valence-corrected chi connectivity index (χ4v) is 3.95. The number of imidazole rings is 1. The number of hydrogen-bond acceptors (Lipinski definition) is 6. The van der Waals surface area contributed by atoms with Crippen LogP contribution < -0.4 is 10.6 Å². The van der Waals surface area contributed by atoms with E-state index in [-0.39, 0.29) is 5.91 Å². The number of pyridine rings is 2. The van der Waals surface area contributed by atoms with Crippen molar-refractivity contribution in [1.29, 1.82) is 0 Å². The first-order chi connectivity index (χ1) is 17.2. The number of benzene rings is 1. The van der Waals surface area contributed by atoms with E-state index in [1.54, 1.807) is 18.6 Å². The van der Waals surface area contributed by atoms with E-state index in [2.05, 4.69) is 25.6 Å². The molecule has 2 N–H and O–H groups in total. The average Bonchev–Trinajstić information content (AvgIpc) is 3.63. The van der Waals surface area contributed by atoms with Crippen molar-refractivity contribution < 1.29 is 4.79 Å². The second-order valence-corrected chi connectivity index (χ2v) is 8.55. The maximum Gasteiger partial charge on any atom is 0.251 e. The van der Waals surface area contributed by atoms with Gasteiger partial charge in [-0.1, -0.05) is 18.2 Å². The molecule has 5 aromatic rings. The summed E-state index contributed by atoms with van der Waals surface area (Å²) >= 11 is 0. The number of nitrogens with zero attached hydrogens (tertiary/aromatic N) is 5. The summed E-state index contributed by atoms with van der Waals surface area (Å²) in [5, 5.41) is 6.43. The number of amides is 1. The van der Waals surface area contributed by atoms with Crippen molar-refractivity contribution in [3.8, 4) is 22.5 Å². The minimum Gasteiger partial charge on any atom is -0.361 e. The molecule has 1 aliphatic carbocycles. The molecule has 0 saturated heterocycles. The summed E-state index contributed by atoms with van der Waals surface area (Å²) < 4.78 is 2.03. The molecule has 0 bridgehead atoms. The first kappa shape index (κ1) is 21.0. The highest BCUT2D eigenvalue weighted by Gasteiger charge is 2.23. The van der Waals surface area contributed by atoms with Crippen LogP contribution in [0.1, 0.15) is 28.9 Å². The number of fused-ring (bicyclic) bond motifs is 1. The van der Waals surface area contributed by atoms with Gasteiger partial charge >= 0.3 is 0 Å². The van der Waals surface area contributed by atoms with E-state index < -0.39 is 0 Å².